The fourth-order valence-electron chi connectivity index (χ4n) is 3.53. The number of ether oxygens (including phenoxy) is 1. The van der Waals surface area contributed by atoms with Gasteiger partial charge in [-0.1, -0.05) is 18.2 Å². The Morgan fingerprint density at radius 3 is 2.77 bits per heavy atom. The van der Waals surface area contributed by atoms with Gasteiger partial charge in [-0.25, -0.2) is 4.79 Å². The van der Waals surface area contributed by atoms with Crippen molar-refractivity contribution in [1.82, 2.24) is 0 Å². The van der Waals surface area contributed by atoms with Crippen LogP contribution in [0.5, 0.6) is 0 Å². The Bertz CT molecular complexity index is 977. The number of para-hydroxylation sites is 1. The average molecular weight is 413 g/mol. The molecule has 2 aromatic rings. The second-order valence-corrected chi connectivity index (χ2v) is 7.08. The predicted molar refractivity (Wildman–Crippen MR) is 111 cm³/mol. The third-order valence-electron chi connectivity index (χ3n) is 4.94. The van der Waals surface area contributed by atoms with Crippen molar-refractivity contribution in [3.63, 3.8) is 0 Å². The van der Waals surface area contributed by atoms with Crippen LogP contribution < -0.4 is 10.2 Å². The van der Waals surface area contributed by atoms with Crippen LogP contribution in [0.4, 0.5) is 17.1 Å². The van der Waals surface area contributed by atoms with E-state index >= 15 is 0 Å². The lowest BCUT2D eigenvalue weighted by molar-refractivity contribution is -0.384. The molecule has 0 fully saturated rings. The lowest BCUT2D eigenvalue weighted by Gasteiger charge is -2.26. The van der Waals surface area contributed by atoms with E-state index < -0.39 is 17.0 Å². The number of esters is 1. The predicted octanol–water partition coefficient (Wildman–Crippen LogP) is 2.52. The van der Waals surface area contributed by atoms with Gasteiger partial charge in [0.05, 0.1) is 17.1 Å². The number of nitrogens with one attached hydrogen (secondary N) is 1. The van der Waals surface area contributed by atoms with Crippen molar-refractivity contribution in [1.29, 1.82) is 0 Å². The fraction of sp³-hybridized carbons (Fsp3) is 0.333. The summed E-state index contributed by atoms with van der Waals surface area (Å²) in [4.78, 5) is 37.8. The third kappa shape index (κ3) is 4.25. The number of hydrogen-bond acceptors (Lipinski definition) is 7. The second kappa shape index (κ2) is 8.91. The standard InChI is InChI=1S/C21H23N3O6/c1-13-11-15-5-3-4-6-19(15)23(13)20(26)14(2)30-21(27)17-12-16(24(28)29)7-8-18(17)22-9-10-25/h3-8,12-14,22,25H,9-11H2,1-2H3/t13-,14-/m0/s1. The van der Waals surface area contributed by atoms with Gasteiger partial charge in [-0.15, -0.1) is 0 Å². The largest absolute Gasteiger partial charge is 0.449 e. The lowest BCUT2D eigenvalue weighted by Crippen LogP contribution is -2.43. The van der Waals surface area contributed by atoms with Crippen molar-refractivity contribution < 1.29 is 24.4 Å². The van der Waals surface area contributed by atoms with Crippen molar-refractivity contribution >= 4 is 28.9 Å². The normalized spacial score (nSPS) is 16.0. The number of nitro benzene ring substituents is 1. The second-order valence-electron chi connectivity index (χ2n) is 7.08. The molecule has 1 aliphatic rings. The Hall–Kier alpha value is -3.46. The van der Waals surface area contributed by atoms with E-state index in [4.69, 9.17) is 9.84 Å². The molecule has 0 aliphatic carbocycles. The molecule has 0 saturated heterocycles. The molecule has 3 rings (SSSR count). The third-order valence-corrected chi connectivity index (χ3v) is 4.94. The zero-order valence-electron chi connectivity index (χ0n) is 16.7. The van der Waals surface area contributed by atoms with Crippen LogP contribution in [0.25, 0.3) is 0 Å². The molecule has 0 radical (unpaired) electrons. The summed E-state index contributed by atoms with van der Waals surface area (Å²) in [5, 5.41) is 22.9. The Labute approximate surface area is 173 Å². The number of rotatable bonds is 7. The van der Waals surface area contributed by atoms with Gasteiger partial charge in [0, 0.05) is 36.1 Å². The first-order valence-electron chi connectivity index (χ1n) is 9.58. The minimum atomic E-state index is -1.09. The highest BCUT2D eigenvalue weighted by Crippen LogP contribution is 2.32. The maximum absolute atomic E-state index is 13.0. The summed E-state index contributed by atoms with van der Waals surface area (Å²) < 4.78 is 5.37. The number of amides is 1. The topological polar surface area (TPSA) is 122 Å². The molecular weight excluding hydrogens is 390 g/mol. The van der Waals surface area contributed by atoms with Crippen molar-refractivity contribution in [3.8, 4) is 0 Å². The van der Waals surface area contributed by atoms with E-state index in [9.17, 15) is 19.7 Å². The zero-order valence-corrected chi connectivity index (χ0v) is 16.7. The Kier molecular flexibility index (Phi) is 6.31. The average Bonchev–Trinajstić information content (AvgIpc) is 3.06. The van der Waals surface area contributed by atoms with Crippen LogP contribution in [0.1, 0.15) is 29.8 Å². The fourth-order valence-corrected chi connectivity index (χ4v) is 3.53. The highest BCUT2D eigenvalue weighted by atomic mass is 16.6. The monoisotopic (exact) mass is 413 g/mol. The molecule has 0 bridgehead atoms. The molecular formula is C21H23N3O6. The number of nitrogens with zero attached hydrogens (tertiary/aromatic N) is 2. The van der Waals surface area contributed by atoms with Crippen molar-refractivity contribution in [2.75, 3.05) is 23.4 Å². The molecule has 0 saturated carbocycles. The molecule has 0 unspecified atom stereocenters. The summed E-state index contributed by atoms with van der Waals surface area (Å²) in [6.07, 6.45) is -0.376. The Morgan fingerprint density at radius 2 is 2.07 bits per heavy atom. The molecule has 0 spiro atoms. The van der Waals surface area contributed by atoms with E-state index in [1.165, 1.54) is 19.1 Å². The Balaban J connectivity index is 1.80. The number of carbonyl (C=O) groups is 2. The van der Waals surface area contributed by atoms with Gasteiger partial charge in [-0.2, -0.15) is 0 Å². The molecule has 1 heterocycles. The molecule has 2 aromatic carbocycles. The van der Waals surface area contributed by atoms with Crippen molar-refractivity contribution in [3.05, 3.63) is 63.7 Å². The Morgan fingerprint density at radius 1 is 1.33 bits per heavy atom. The summed E-state index contributed by atoms with van der Waals surface area (Å²) in [5.74, 6) is -1.23. The van der Waals surface area contributed by atoms with Gasteiger partial charge < -0.3 is 20.1 Å². The molecule has 1 aliphatic heterocycles. The number of benzene rings is 2. The maximum atomic E-state index is 13.0. The molecule has 158 valence electrons. The molecule has 1 amide bonds. The summed E-state index contributed by atoms with van der Waals surface area (Å²) in [6, 6.07) is 11.2. The zero-order chi connectivity index (χ0) is 21.8. The molecule has 9 nitrogen and oxygen atoms in total. The number of aliphatic hydroxyl groups is 1. The lowest BCUT2D eigenvalue weighted by atomic mass is 10.1. The van der Waals surface area contributed by atoms with Gasteiger partial charge in [0.2, 0.25) is 0 Å². The van der Waals surface area contributed by atoms with Gasteiger partial charge in [-0.05, 0) is 38.0 Å². The molecule has 9 heteroatoms. The van der Waals surface area contributed by atoms with Crippen LogP contribution in [0.2, 0.25) is 0 Å². The summed E-state index contributed by atoms with van der Waals surface area (Å²) in [6.45, 7) is 3.36. The number of non-ortho nitro benzene ring substituents is 1. The molecule has 0 aromatic heterocycles. The number of hydrogen-bond donors (Lipinski definition) is 2. The van der Waals surface area contributed by atoms with Gasteiger partial charge in [-0.3, -0.25) is 14.9 Å². The number of nitro groups is 1. The number of fused-ring (bicyclic) bond motifs is 1. The van der Waals surface area contributed by atoms with Crippen LogP contribution in [0.15, 0.2) is 42.5 Å². The number of aliphatic hydroxyl groups excluding tert-OH is 1. The van der Waals surface area contributed by atoms with E-state index in [0.717, 1.165) is 17.3 Å². The SMILES string of the molecule is C[C@H](OC(=O)c1cc([N+](=O)[O-])ccc1NCCO)C(=O)N1c2ccccc2C[C@@H]1C. The first-order valence-corrected chi connectivity index (χ1v) is 9.58. The van der Waals surface area contributed by atoms with Crippen LogP contribution in [0, 0.1) is 10.1 Å². The van der Waals surface area contributed by atoms with E-state index in [0.29, 0.717) is 6.42 Å². The van der Waals surface area contributed by atoms with Crippen LogP contribution >= 0.6 is 0 Å². The smallest absolute Gasteiger partial charge is 0.341 e. The summed E-state index contributed by atoms with van der Waals surface area (Å²) in [5.41, 5.74) is 1.76. The maximum Gasteiger partial charge on any atom is 0.341 e. The first-order chi connectivity index (χ1) is 14.3. The minimum absolute atomic E-state index is 0.0735. The quantitative estimate of drug-likeness (QED) is 0.406. The first kappa shape index (κ1) is 21.3. The highest BCUT2D eigenvalue weighted by molar-refractivity contribution is 6.02. The van der Waals surface area contributed by atoms with Crippen LogP contribution in [-0.2, 0) is 16.0 Å². The molecule has 2 N–H and O–H groups in total. The van der Waals surface area contributed by atoms with Crippen LogP contribution in [-0.4, -0.2) is 47.2 Å². The van der Waals surface area contributed by atoms with E-state index in [1.54, 1.807) is 4.90 Å². The summed E-state index contributed by atoms with van der Waals surface area (Å²) in [7, 11) is 0. The van der Waals surface area contributed by atoms with Crippen molar-refractivity contribution in [2.24, 2.45) is 0 Å². The van der Waals surface area contributed by atoms with Gasteiger partial charge in [0.25, 0.3) is 11.6 Å². The minimum Gasteiger partial charge on any atom is -0.449 e. The van der Waals surface area contributed by atoms with Crippen molar-refractivity contribution in [2.45, 2.75) is 32.4 Å². The van der Waals surface area contributed by atoms with E-state index in [1.807, 2.05) is 31.2 Å². The number of anilines is 2. The van der Waals surface area contributed by atoms with Gasteiger partial charge in [0.1, 0.15) is 0 Å². The van der Waals surface area contributed by atoms with Gasteiger partial charge >= 0.3 is 5.97 Å². The van der Waals surface area contributed by atoms with E-state index in [-0.39, 0.29) is 42.0 Å². The highest BCUT2D eigenvalue weighted by Gasteiger charge is 2.35. The van der Waals surface area contributed by atoms with E-state index in [2.05, 4.69) is 5.32 Å². The van der Waals surface area contributed by atoms with Gasteiger partial charge in [0.15, 0.2) is 6.10 Å². The molecule has 30 heavy (non-hydrogen) atoms. The summed E-state index contributed by atoms with van der Waals surface area (Å²) >= 11 is 0. The van der Waals surface area contributed by atoms with Crippen LogP contribution in [0.3, 0.4) is 0 Å². The molecule has 2 atom stereocenters. The number of carbonyl (C=O) groups excluding carboxylic acids is 2.